The number of rotatable bonds is 7. The summed E-state index contributed by atoms with van der Waals surface area (Å²) in [5.74, 6) is 0.997. The number of carbonyl (C=O) groups excluding carboxylic acids is 1. The lowest BCUT2D eigenvalue weighted by atomic mass is 9.99. The van der Waals surface area contributed by atoms with E-state index in [9.17, 15) is 13.2 Å². The Morgan fingerprint density at radius 3 is 2.53 bits per heavy atom. The maximum absolute atomic E-state index is 13.7. The first-order valence-corrected chi connectivity index (χ1v) is 13.6. The Kier molecular flexibility index (Phi) is 7.51. The average Bonchev–Trinajstić information content (AvgIpc) is 3.42. The van der Waals surface area contributed by atoms with Crippen LogP contribution in [-0.4, -0.2) is 36.9 Å². The van der Waals surface area contributed by atoms with Crippen molar-refractivity contribution < 1.29 is 22.2 Å². The van der Waals surface area contributed by atoms with E-state index in [-0.39, 0.29) is 29.7 Å². The SMILES string of the molecule is Cc1cc(C)c(C=Cc2onc(C)c2S(=O)(=O)N2CCCC(C(=O)NCc3ccc(C)o3)C2)c(C)c1. The molecule has 192 valence electrons. The number of nitrogens with one attached hydrogen (secondary N) is 1. The number of hydrogen-bond donors (Lipinski definition) is 1. The zero-order valence-electron chi connectivity index (χ0n) is 21.4. The molecule has 1 N–H and O–H groups in total. The molecule has 0 saturated carbocycles. The molecular formula is C27H33N3O5S. The van der Waals surface area contributed by atoms with E-state index in [1.54, 1.807) is 13.0 Å². The van der Waals surface area contributed by atoms with E-state index in [2.05, 4.69) is 22.6 Å². The third-order valence-corrected chi connectivity index (χ3v) is 8.58. The van der Waals surface area contributed by atoms with Gasteiger partial charge in [0, 0.05) is 13.1 Å². The van der Waals surface area contributed by atoms with Crippen LogP contribution in [0.3, 0.4) is 0 Å². The second-order valence-corrected chi connectivity index (χ2v) is 11.4. The summed E-state index contributed by atoms with van der Waals surface area (Å²) in [4.78, 5) is 12.9. The number of aryl methyl sites for hydroxylation is 5. The quantitative estimate of drug-likeness (QED) is 0.493. The van der Waals surface area contributed by atoms with Crippen molar-refractivity contribution in [2.24, 2.45) is 5.92 Å². The smallest absolute Gasteiger partial charge is 0.248 e. The standard InChI is InChI=1S/C27H33N3O5S/c1-17-13-18(2)24(19(3)14-17)10-11-25-26(21(5)29-35-25)36(32,33)30-12-6-7-22(16-30)27(31)28-15-23-9-8-20(4)34-23/h8-11,13-14,22H,6-7,12,15-16H2,1-5H3,(H,28,31). The number of amides is 1. The molecule has 0 radical (unpaired) electrons. The molecule has 0 spiro atoms. The molecule has 1 fully saturated rings. The number of sulfonamides is 1. The maximum atomic E-state index is 13.7. The van der Waals surface area contributed by atoms with Crippen LogP contribution < -0.4 is 5.32 Å². The van der Waals surface area contributed by atoms with E-state index in [0.29, 0.717) is 30.8 Å². The van der Waals surface area contributed by atoms with E-state index >= 15 is 0 Å². The summed E-state index contributed by atoms with van der Waals surface area (Å²) in [7, 11) is -3.91. The van der Waals surface area contributed by atoms with E-state index < -0.39 is 15.9 Å². The molecule has 1 amide bonds. The Hall–Kier alpha value is -3.17. The highest BCUT2D eigenvalue weighted by Gasteiger charge is 2.37. The van der Waals surface area contributed by atoms with Crippen molar-refractivity contribution in [3.63, 3.8) is 0 Å². The van der Waals surface area contributed by atoms with Crippen LogP contribution in [0, 0.1) is 40.5 Å². The van der Waals surface area contributed by atoms with E-state index in [4.69, 9.17) is 8.94 Å². The monoisotopic (exact) mass is 511 g/mol. The first-order valence-electron chi connectivity index (χ1n) is 12.1. The number of hydrogen-bond acceptors (Lipinski definition) is 6. The second kappa shape index (κ2) is 10.4. The minimum Gasteiger partial charge on any atom is -0.465 e. The van der Waals surface area contributed by atoms with Gasteiger partial charge in [-0.2, -0.15) is 4.31 Å². The number of furan rings is 1. The molecular weight excluding hydrogens is 478 g/mol. The van der Waals surface area contributed by atoms with Crippen molar-refractivity contribution in [2.75, 3.05) is 13.1 Å². The van der Waals surface area contributed by atoms with E-state index in [0.717, 1.165) is 22.5 Å². The first kappa shape index (κ1) is 25.9. The average molecular weight is 512 g/mol. The molecule has 3 aromatic rings. The predicted octanol–water partition coefficient (Wildman–Crippen LogP) is 4.70. The fourth-order valence-electron chi connectivity index (χ4n) is 4.81. The van der Waals surface area contributed by atoms with Crippen molar-refractivity contribution in [2.45, 2.75) is 58.9 Å². The fourth-order valence-corrected chi connectivity index (χ4v) is 6.59. The van der Waals surface area contributed by atoms with Crippen LogP contribution in [0.15, 0.2) is 38.1 Å². The van der Waals surface area contributed by atoms with Gasteiger partial charge in [0.1, 0.15) is 17.2 Å². The highest BCUT2D eigenvalue weighted by atomic mass is 32.2. The molecule has 36 heavy (non-hydrogen) atoms. The van der Waals surface area contributed by atoms with Crippen LogP contribution in [0.2, 0.25) is 0 Å². The van der Waals surface area contributed by atoms with E-state index in [1.807, 2.05) is 45.9 Å². The molecule has 1 aliphatic heterocycles. The Labute approximate surface area is 212 Å². The molecule has 0 bridgehead atoms. The third-order valence-electron chi connectivity index (χ3n) is 6.56. The van der Waals surface area contributed by atoms with Gasteiger partial charge in [0.15, 0.2) is 10.7 Å². The summed E-state index contributed by atoms with van der Waals surface area (Å²) in [5, 5.41) is 6.81. The van der Waals surface area contributed by atoms with Crippen LogP contribution in [-0.2, 0) is 21.4 Å². The zero-order chi connectivity index (χ0) is 26.0. The van der Waals surface area contributed by atoms with Crippen molar-refractivity contribution >= 4 is 28.1 Å². The first-order chi connectivity index (χ1) is 17.1. The van der Waals surface area contributed by atoms with Gasteiger partial charge < -0.3 is 14.3 Å². The Morgan fingerprint density at radius 2 is 1.86 bits per heavy atom. The van der Waals surface area contributed by atoms with Gasteiger partial charge in [-0.15, -0.1) is 0 Å². The normalized spacial score (nSPS) is 17.1. The third kappa shape index (κ3) is 5.47. The van der Waals surface area contributed by atoms with Gasteiger partial charge in [0.25, 0.3) is 0 Å². The lowest BCUT2D eigenvalue weighted by Crippen LogP contribution is -2.45. The summed E-state index contributed by atoms with van der Waals surface area (Å²) in [6.07, 6.45) is 4.74. The van der Waals surface area contributed by atoms with Crippen LogP contribution in [0.25, 0.3) is 12.2 Å². The van der Waals surface area contributed by atoms with Gasteiger partial charge in [-0.1, -0.05) is 28.9 Å². The summed E-state index contributed by atoms with van der Waals surface area (Å²) < 4.78 is 39.7. The van der Waals surface area contributed by atoms with Gasteiger partial charge in [-0.25, -0.2) is 8.42 Å². The highest BCUT2D eigenvalue weighted by Crippen LogP contribution is 2.30. The van der Waals surface area contributed by atoms with Crippen LogP contribution in [0.5, 0.6) is 0 Å². The molecule has 0 aliphatic carbocycles. The van der Waals surface area contributed by atoms with Gasteiger partial charge >= 0.3 is 0 Å². The minimum absolute atomic E-state index is 0.0493. The van der Waals surface area contributed by atoms with Crippen molar-refractivity contribution in [1.82, 2.24) is 14.8 Å². The van der Waals surface area contributed by atoms with Gasteiger partial charge in [0.05, 0.1) is 12.5 Å². The molecule has 1 aromatic carbocycles. The number of aromatic nitrogens is 1. The maximum Gasteiger partial charge on any atom is 0.248 e. The topological polar surface area (TPSA) is 106 Å². The van der Waals surface area contributed by atoms with Crippen molar-refractivity contribution in [3.05, 3.63) is 69.5 Å². The molecule has 1 unspecified atom stereocenters. The number of nitrogens with zero attached hydrogens (tertiary/aromatic N) is 2. The van der Waals surface area contributed by atoms with Crippen molar-refractivity contribution in [3.8, 4) is 0 Å². The van der Waals surface area contributed by atoms with Crippen LogP contribution >= 0.6 is 0 Å². The van der Waals surface area contributed by atoms with Crippen LogP contribution in [0.4, 0.5) is 0 Å². The number of benzene rings is 1. The summed E-state index contributed by atoms with van der Waals surface area (Å²) >= 11 is 0. The predicted molar refractivity (Wildman–Crippen MR) is 138 cm³/mol. The minimum atomic E-state index is -3.91. The molecule has 1 saturated heterocycles. The largest absolute Gasteiger partial charge is 0.465 e. The van der Waals surface area contributed by atoms with E-state index in [1.165, 1.54) is 9.87 Å². The Morgan fingerprint density at radius 1 is 1.14 bits per heavy atom. The highest BCUT2D eigenvalue weighted by molar-refractivity contribution is 7.89. The molecule has 8 nitrogen and oxygen atoms in total. The van der Waals surface area contributed by atoms with Gasteiger partial charge in [0.2, 0.25) is 15.9 Å². The van der Waals surface area contributed by atoms with Crippen LogP contribution in [0.1, 0.15) is 58.1 Å². The summed E-state index contributed by atoms with van der Waals surface area (Å²) in [6, 6.07) is 7.83. The Bertz CT molecular complexity index is 1380. The molecule has 1 atom stereocenters. The van der Waals surface area contributed by atoms with Crippen molar-refractivity contribution in [1.29, 1.82) is 0 Å². The molecule has 2 aromatic heterocycles. The van der Waals surface area contributed by atoms with Gasteiger partial charge in [-0.3, -0.25) is 4.79 Å². The fraction of sp³-hybridized carbons (Fsp3) is 0.407. The second-order valence-electron chi connectivity index (χ2n) is 9.54. The lowest BCUT2D eigenvalue weighted by Gasteiger charge is -2.31. The lowest BCUT2D eigenvalue weighted by molar-refractivity contribution is -0.126. The number of piperidine rings is 1. The summed E-state index contributed by atoms with van der Waals surface area (Å²) in [6.45, 7) is 10.3. The van der Waals surface area contributed by atoms with Gasteiger partial charge in [-0.05, 0) is 82.4 Å². The Balaban J connectivity index is 1.52. The molecule has 3 heterocycles. The molecule has 9 heteroatoms. The zero-order valence-corrected chi connectivity index (χ0v) is 22.2. The summed E-state index contributed by atoms with van der Waals surface area (Å²) in [5.41, 5.74) is 4.67. The molecule has 1 aliphatic rings. The number of carbonyl (C=O) groups is 1. The molecule has 4 rings (SSSR count).